The van der Waals surface area contributed by atoms with E-state index in [0.717, 1.165) is 11.1 Å². The van der Waals surface area contributed by atoms with Crippen LogP contribution in [0.2, 0.25) is 0 Å². The summed E-state index contributed by atoms with van der Waals surface area (Å²) in [5, 5.41) is 10.8. The molecule has 0 amide bonds. The van der Waals surface area contributed by atoms with E-state index in [0.29, 0.717) is 19.8 Å². The van der Waals surface area contributed by atoms with Gasteiger partial charge in [-0.25, -0.2) is 0 Å². The third-order valence-electron chi connectivity index (χ3n) is 5.48. The minimum atomic E-state index is -0.880. The molecule has 0 aliphatic heterocycles. The summed E-state index contributed by atoms with van der Waals surface area (Å²) in [5.41, 5.74) is 2.17. The van der Waals surface area contributed by atoms with Crippen molar-refractivity contribution in [1.82, 2.24) is 0 Å². The number of benzene rings is 2. The van der Waals surface area contributed by atoms with Crippen LogP contribution in [0.5, 0.6) is 0 Å². The molecule has 0 aliphatic carbocycles. The Balaban J connectivity index is 2.03. The van der Waals surface area contributed by atoms with Gasteiger partial charge in [-0.15, -0.1) is 0 Å². The molecule has 0 aromatic heterocycles. The van der Waals surface area contributed by atoms with Crippen molar-refractivity contribution < 1.29 is 24.1 Å². The Labute approximate surface area is 180 Å². The SMILES string of the molecule is COC(=O)[C@H](C)[C@H](O)[C@@H](C)[C@@H](OCc1ccccc1)[C@@H](C)COCc1ccccc1. The maximum atomic E-state index is 11.9. The van der Waals surface area contributed by atoms with Crippen molar-refractivity contribution in [2.75, 3.05) is 13.7 Å². The van der Waals surface area contributed by atoms with Crippen LogP contribution in [-0.2, 0) is 32.2 Å². The monoisotopic (exact) mass is 414 g/mol. The number of methoxy groups -OCH3 is 1. The Morgan fingerprint density at radius 1 is 0.900 bits per heavy atom. The van der Waals surface area contributed by atoms with Crippen LogP contribution in [0.25, 0.3) is 0 Å². The summed E-state index contributed by atoms with van der Waals surface area (Å²) < 4.78 is 17.0. The van der Waals surface area contributed by atoms with Crippen LogP contribution in [0.15, 0.2) is 60.7 Å². The van der Waals surface area contributed by atoms with Crippen molar-refractivity contribution in [3.63, 3.8) is 0 Å². The minimum absolute atomic E-state index is 0.0203. The fraction of sp³-hybridized carbons (Fsp3) is 0.480. The van der Waals surface area contributed by atoms with E-state index in [9.17, 15) is 9.90 Å². The predicted molar refractivity (Wildman–Crippen MR) is 117 cm³/mol. The number of aliphatic hydroxyl groups is 1. The summed E-state index contributed by atoms with van der Waals surface area (Å²) in [6.45, 7) is 7.07. The van der Waals surface area contributed by atoms with Crippen LogP contribution in [0.4, 0.5) is 0 Å². The lowest BCUT2D eigenvalue weighted by atomic mass is 9.84. The zero-order chi connectivity index (χ0) is 21.9. The van der Waals surface area contributed by atoms with Crippen LogP contribution in [-0.4, -0.2) is 37.0 Å². The number of esters is 1. The number of hydrogen-bond donors (Lipinski definition) is 1. The van der Waals surface area contributed by atoms with Crippen LogP contribution in [0, 0.1) is 17.8 Å². The second-order valence-corrected chi connectivity index (χ2v) is 7.90. The highest BCUT2D eigenvalue weighted by molar-refractivity contribution is 5.72. The average Bonchev–Trinajstić information content (AvgIpc) is 2.78. The first-order valence-corrected chi connectivity index (χ1v) is 10.5. The summed E-state index contributed by atoms with van der Waals surface area (Å²) in [6.07, 6.45) is -1.17. The number of carbonyl (C=O) groups is 1. The lowest BCUT2D eigenvalue weighted by Gasteiger charge is -2.34. The van der Waals surface area contributed by atoms with E-state index in [1.165, 1.54) is 7.11 Å². The quantitative estimate of drug-likeness (QED) is 0.527. The Hall–Kier alpha value is -2.21. The summed E-state index contributed by atoms with van der Waals surface area (Å²) in [7, 11) is 1.33. The van der Waals surface area contributed by atoms with Crippen molar-refractivity contribution in [2.45, 2.75) is 46.2 Å². The van der Waals surface area contributed by atoms with Gasteiger partial charge in [0, 0.05) is 11.8 Å². The van der Waals surface area contributed by atoms with Crippen molar-refractivity contribution >= 4 is 5.97 Å². The molecule has 0 radical (unpaired) electrons. The molecule has 1 N–H and O–H groups in total. The normalized spacial score (nSPS) is 16.3. The fourth-order valence-electron chi connectivity index (χ4n) is 3.61. The first-order chi connectivity index (χ1) is 14.4. The van der Waals surface area contributed by atoms with Crippen LogP contribution in [0.1, 0.15) is 31.9 Å². The van der Waals surface area contributed by atoms with E-state index >= 15 is 0 Å². The molecule has 0 saturated heterocycles. The molecule has 5 nitrogen and oxygen atoms in total. The van der Waals surface area contributed by atoms with Gasteiger partial charge in [0.1, 0.15) is 0 Å². The standard InChI is InChI=1S/C25H34O5/c1-18(15-29-16-21-11-7-5-8-12-21)24(30-17-22-13-9-6-10-14-22)19(2)23(26)20(3)25(27)28-4/h5-14,18-20,23-24,26H,15-17H2,1-4H3/t18-,19+,20+,23+,24-/m0/s1. The Bertz CT molecular complexity index is 734. The van der Waals surface area contributed by atoms with E-state index in [-0.39, 0.29) is 17.9 Å². The molecule has 164 valence electrons. The first kappa shape index (κ1) is 24.1. The number of ether oxygens (including phenoxy) is 3. The van der Waals surface area contributed by atoms with Crippen molar-refractivity contribution in [1.29, 1.82) is 0 Å². The van der Waals surface area contributed by atoms with E-state index in [2.05, 4.69) is 0 Å². The van der Waals surface area contributed by atoms with Gasteiger partial charge < -0.3 is 19.3 Å². The Kier molecular flexibility index (Phi) is 10.0. The number of rotatable bonds is 12. The maximum absolute atomic E-state index is 11.9. The van der Waals surface area contributed by atoms with Crippen molar-refractivity contribution in [3.05, 3.63) is 71.8 Å². The summed E-state index contributed by atoms with van der Waals surface area (Å²) >= 11 is 0. The molecule has 0 spiro atoms. The molecule has 2 aromatic carbocycles. The van der Waals surface area contributed by atoms with Crippen LogP contribution < -0.4 is 0 Å². The molecule has 0 saturated carbocycles. The van der Waals surface area contributed by atoms with Gasteiger partial charge in [-0.1, -0.05) is 74.5 Å². The zero-order valence-electron chi connectivity index (χ0n) is 18.4. The highest BCUT2D eigenvalue weighted by Crippen LogP contribution is 2.26. The Morgan fingerprint density at radius 2 is 1.43 bits per heavy atom. The molecule has 0 bridgehead atoms. The van der Waals surface area contributed by atoms with Gasteiger partial charge in [-0.2, -0.15) is 0 Å². The van der Waals surface area contributed by atoms with E-state index < -0.39 is 18.0 Å². The molecule has 0 unspecified atom stereocenters. The van der Waals surface area contributed by atoms with Gasteiger partial charge in [0.2, 0.25) is 0 Å². The van der Waals surface area contributed by atoms with Crippen molar-refractivity contribution in [2.24, 2.45) is 17.8 Å². The molecule has 2 aromatic rings. The number of hydrogen-bond acceptors (Lipinski definition) is 5. The number of aliphatic hydroxyl groups excluding tert-OH is 1. The first-order valence-electron chi connectivity index (χ1n) is 10.5. The molecule has 0 fully saturated rings. The van der Waals surface area contributed by atoms with Crippen LogP contribution in [0.3, 0.4) is 0 Å². The minimum Gasteiger partial charge on any atom is -0.469 e. The second-order valence-electron chi connectivity index (χ2n) is 7.90. The summed E-state index contributed by atoms with van der Waals surface area (Å²) in [6, 6.07) is 19.9. The highest BCUT2D eigenvalue weighted by atomic mass is 16.5. The highest BCUT2D eigenvalue weighted by Gasteiger charge is 2.35. The molecule has 2 rings (SSSR count). The van der Waals surface area contributed by atoms with Gasteiger partial charge in [0.25, 0.3) is 0 Å². The second kappa shape index (κ2) is 12.5. The summed E-state index contributed by atoms with van der Waals surface area (Å²) in [4.78, 5) is 11.9. The molecular weight excluding hydrogens is 380 g/mol. The summed E-state index contributed by atoms with van der Waals surface area (Å²) in [5.74, 6) is -1.32. The molecule has 0 heterocycles. The van der Waals surface area contributed by atoms with Gasteiger partial charge in [0.05, 0.1) is 45.1 Å². The zero-order valence-corrected chi connectivity index (χ0v) is 18.4. The molecule has 0 aliphatic rings. The third kappa shape index (κ3) is 7.24. The van der Waals surface area contributed by atoms with Gasteiger partial charge >= 0.3 is 5.97 Å². The third-order valence-corrected chi connectivity index (χ3v) is 5.48. The van der Waals surface area contributed by atoms with E-state index in [1.807, 2.05) is 74.5 Å². The average molecular weight is 415 g/mol. The van der Waals surface area contributed by atoms with Gasteiger partial charge in [-0.3, -0.25) is 4.79 Å². The molecule has 5 heteroatoms. The topological polar surface area (TPSA) is 65.0 Å². The fourth-order valence-corrected chi connectivity index (χ4v) is 3.61. The van der Waals surface area contributed by atoms with Crippen molar-refractivity contribution in [3.8, 4) is 0 Å². The lowest BCUT2D eigenvalue weighted by Crippen LogP contribution is -2.42. The van der Waals surface area contributed by atoms with E-state index in [4.69, 9.17) is 14.2 Å². The Morgan fingerprint density at radius 3 is 1.97 bits per heavy atom. The van der Waals surface area contributed by atoms with Gasteiger partial charge in [0.15, 0.2) is 0 Å². The predicted octanol–water partition coefficient (Wildman–Crippen LogP) is 4.23. The van der Waals surface area contributed by atoms with E-state index in [1.54, 1.807) is 6.92 Å². The van der Waals surface area contributed by atoms with Crippen LogP contribution >= 0.6 is 0 Å². The lowest BCUT2D eigenvalue weighted by molar-refractivity contribution is -0.153. The smallest absolute Gasteiger partial charge is 0.311 e. The number of carbonyl (C=O) groups excluding carboxylic acids is 1. The van der Waals surface area contributed by atoms with Gasteiger partial charge in [-0.05, 0) is 18.1 Å². The maximum Gasteiger partial charge on any atom is 0.311 e. The molecule has 30 heavy (non-hydrogen) atoms. The molecular formula is C25H34O5. The molecule has 5 atom stereocenters. The largest absolute Gasteiger partial charge is 0.469 e.